The highest BCUT2D eigenvalue weighted by atomic mass is 32.2. The summed E-state index contributed by atoms with van der Waals surface area (Å²) in [5.41, 5.74) is 1.71. The van der Waals surface area contributed by atoms with Crippen LogP contribution in [0.25, 0.3) is 0 Å². The van der Waals surface area contributed by atoms with Crippen molar-refractivity contribution < 1.29 is 17.7 Å². The van der Waals surface area contributed by atoms with Crippen molar-refractivity contribution in [3.63, 3.8) is 0 Å². The highest BCUT2D eigenvalue weighted by Crippen LogP contribution is 2.19. The van der Waals surface area contributed by atoms with Crippen molar-refractivity contribution in [3.8, 4) is 0 Å². The fraction of sp³-hybridized carbons (Fsp3) is 0.533. The number of aryl methyl sites for hydroxylation is 3. The fourth-order valence-electron chi connectivity index (χ4n) is 2.71. The van der Waals surface area contributed by atoms with Crippen LogP contribution < -0.4 is 9.62 Å². The zero-order valence-electron chi connectivity index (χ0n) is 14.4. The third-order valence-corrected chi connectivity index (χ3v) is 5.51. The summed E-state index contributed by atoms with van der Waals surface area (Å²) in [5, 5.41) is 3.69. The van der Waals surface area contributed by atoms with Crippen LogP contribution in [-0.2, 0) is 21.3 Å². The second kappa shape index (κ2) is 7.06. The van der Waals surface area contributed by atoms with Gasteiger partial charge in [-0.2, -0.15) is 0 Å². The van der Waals surface area contributed by atoms with Crippen LogP contribution in [0.15, 0.2) is 15.5 Å². The third-order valence-electron chi connectivity index (χ3n) is 3.87. The first-order valence-corrected chi connectivity index (χ1v) is 9.45. The molecular weight excluding hydrogens is 346 g/mol. The van der Waals surface area contributed by atoms with Crippen LogP contribution in [0.1, 0.15) is 22.8 Å². The number of sulfonamides is 1. The van der Waals surface area contributed by atoms with Gasteiger partial charge in [-0.3, -0.25) is 0 Å². The minimum absolute atomic E-state index is 0.0626. The second-order valence-electron chi connectivity index (χ2n) is 5.88. The molecule has 0 unspecified atom stereocenters. The summed E-state index contributed by atoms with van der Waals surface area (Å²) in [4.78, 5) is 11.0. The first kappa shape index (κ1) is 17.8. The average Bonchev–Trinajstić information content (AvgIpc) is 2.93. The number of nitrogens with one attached hydrogen (secondary N) is 1. The number of hydrogen-bond acceptors (Lipinski definition) is 8. The maximum absolute atomic E-state index is 12.5. The van der Waals surface area contributed by atoms with Crippen LogP contribution in [0, 0.1) is 20.8 Å². The molecule has 136 valence electrons. The minimum Gasteiger partial charge on any atom is -0.378 e. The standard InChI is InChI=1S/C15H21N5O4S/c1-10-8-13(18-15(17-10)20-4-6-23-7-5-20)9-16-25(21,22)14-11(2)19-24-12(14)3/h8,16H,4-7,9H2,1-3H3. The first-order chi connectivity index (χ1) is 11.9. The van der Waals surface area contributed by atoms with Crippen LogP contribution in [-0.4, -0.2) is 49.8 Å². The predicted octanol–water partition coefficient (Wildman–Crippen LogP) is 0.705. The molecule has 0 bridgehead atoms. The van der Waals surface area contributed by atoms with Crippen LogP contribution in [0.2, 0.25) is 0 Å². The number of anilines is 1. The van der Waals surface area contributed by atoms with Crippen molar-refractivity contribution in [2.75, 3.05) is 31.2 Å². The number of ether oxygens (including phenoxy) is 1. The summed E-state index contributed by atoms with van der Waals surface area (Å²) in [6.07, 6.45) is 0. The van der Waals surface area contributed by atoms with E-state index in [-0.39, 0.29) is 17.2 Å². The second-order valence-corrected chi connectivity index (χ2v) is 7.58. The van der Waals surface area contributed by atoms with E-state index in [1.807, 2.05) is 11.8 Å². The van der Waals surface area contributed by atoms with Crippen molar-refractivity contribution >= 4 is 16.0 Å². The van der Waals surface area contributed by atoms with Gasteiger partial charge in [0.05, 0.1) is 25.5 Å². The monoisotopic (exact) mass is 367 g/mol. The summed E-state index contributed by atoms with van der Waals surface area (Å²) in [7, 11) is -3.73. The Hall–Kier alpha value is -2.04. The van der Waals surface area contributed by atoms with Gasteiger partial charge in [0.1, 0.15) is 10.6 Å². The zero-order chi connectivity index (χ0) is 18.0. The molecule has 1 N–H and O–H groups in total. The molecule has 0 saturated carbocycles. The van der Waals surface area contributed by atoms with Gasteiger partial charge in [-0.25, -0.2) is 23.1 Å². The van der Waals surface area contributed by atoms with E-state index in [0.29, 0.717) is 43.6 Å². The van der Waals surface area contributed by atoms with E-state index in [4.69, 9.17) is 9.26 Å². The Labute approximate surface area is 146 Å². The lowest BCUT2D eigenvalue weighted by Gasteiger charge is -2.27. The van der Waals surface area contributed by atoms with Crippen molar-refractivity contribution in [2.45, 2.75) is 32.2 Å². The van der Waals surface area contributed by atoms with Gasteiger partial charge >= 0.3 is 0 Å². The Balaban J connectivity index is 1.78. The number of aromatic nitrogens is 3. The Kier molecular flexibility index (Phi) is 5.02. The highest BCUT2D eigenvalue weighted by molar-refractivity contribution is 7.89. The van der Waals surface area contributed by atoms with E-state index in [9.17, 15) is 8.42 Å². The number of rotatable bonds is 5. The van der Waals surface area contributed by atoms with E-state index in [0.717, 1.165) is 5.69 Å². The Morgan fingerprint density at radius 2 is 1.92 bits per heavy atom. The van der Waals surface area contributed by atoms with E-state index >= 15 is 0 Å². The summed E-state index contributed by atoms with van der Waals surface area (Å²) >= 11 is 0. The van der Waals surface area contributed by atoms with Gasteiger partial charge in [0.2, 0.25) is 16.0 Å². The van der Waals surface area contributed by atoms with Gasteiger partial charge in [-0.15, -0.1) is 0 Å². The Morgan fingerprint density at radius 1 is 1.20 bits per heavy atom. The predicted molar refractivity (Wildman–Crippen MR) is 89.8 cm³/mol. The van der Waals surface area contributed by atoms with Crippen molar-refractivity contribution in [1.29, 1.82) is 0 Å². The average molecular weight is 367 g/mol. The number of nitrogens with zero attached hydrogens (tertiary/aromatic N) is 4. The molecule has 0 aliphatic carbocycles. The van der Waals surface area contributed by atoms with Gasteiger partial charge in [0.15, 0.2) is 5.76 Å². The van der Waals surface area contributed by atoms with Crippen molar-refractivity contribution in [2.24, 2.45) is 0 Å². The molecule has 3 heterocycles. The molecule has 1 aliphatic heterocycles. The summed E-state index contributed by atoms with van der Waals surface area (Å²) in [6, 6.07) is 1.76. The number of hydrogen-bond donors (Lipinski definition) is 1. The molecule has 0 radical (unpaired) electrons. The summed E-state index contributed by atoms with van der Waals surface area (Å²) in [6.45, 7) is 7.78. The Morgan fingerprint density at radius 3 is 2.56 bits per heavy atom. The largest absolute Gasteiger partial charge is 0.378 e. The molecule has 2 aromatic heterocycles. The molecular formula is C15H21N5O4S. The number of morpholine rings is 1. The van der Waals surface area contributed by atoms with Gasteiger partial charge in [-0.1, -0.05) is 5.16 Å². The topological polar surface area (TPSA) is 110 Å². The van der Waals surface area contributed by atoms with Crippen LogP contribution >= 0.6 is 0 Å². The lowest BCUT2D eigenvalue weighted by Crippen LogP contribution is -2.37. The zero-order valence-corrected chi connectivity index (χ0v) is 15.3. The van der Waals surface area contributed by atoms with Gasteiger partial charge in [0.25, 0.3) is 0 Å². The molecule has 25 heavy (non-hydrogen) atoms. The van der Waals surface area contributed by atoms with E-state index in [1.54, 1.807) is 19.9 Å². The molecule has 9 nitrogen and oxygen atoms in total. The normalized spacial score (nSPS) is 15.6. The smallest absolute Gasteiger partial charge is 0.246 e. The summed E-state index contributed by atoms with van der Waals surface area (Å²) in [5.74, 6) is 0.854. The molecule has 1 aliphatic rings. The molecule has 1 saturated heterocycles. The third kappa shape index (κ3) is 3.97. The molecule has 0 spiro atoms. The van der Waals surface area contributed by atoms with E-state index < -0.39 is 10.0 Å². The van der Waals surface area contributed by atoms with E-state index in [1.165, 1.54) is 0 Å². The van der Waals surface area contributed by atoms with E-state index in [2.05, 4.69) is 19.8 Å². The minimum atomic E-state index is -3.73. The lowest BCUT2D eigenvalue weighted by atomic mass is 10.3. The Bertz CT molecular complexity index is 839. The van der Waals surface area contributed by atoms with Gasteiger partial charge in [-0.05, 0) is 26.8 Å². The molecule has 2 aromatic rings. The SMILES string of the molecule is Cc1cc(CNS(=O)(=O)c2c(C)noc2C)nc(N2CCOCC2)n1. The first-order valence-electron chi connectivity index (χ1n) is 7.96. The lowest BCUT2D eigenvalue weighted by molar-refractivity contribution is 0.122. The molecule has 0 aromatic carbocycles. The molecule has 3 rings (SSSR count). The summed E-state index contributed by atoms with van der Waals surface area (Å²) < 4.78 is 37.8. The van der Waals surface area contributed by atoms with Crippen LogP contribution in [0.3, 0.4) is 0 Å². The van der Waals surface area contributed by atoms with Crippen molar-refractivity contribution in [1.82, 2.24) is 19.8 Å². The quantitative estimate of drug-likeness (QED) is 0.822. The molecule has 0 atom stereocenters. The molecule has 0 amide bonds. The molecule has 1 fully saturated rings. The van der Waals surface area contributed by atoms with Gasteiger partial charge < -0.3 is 14.2 Å². The maximum Gasteiger partial charge on any atom is 0.246 e. The van der Waals surface area contributed by atoms with Crippen LogP contribution in [0.4, 0.5) is 5.95 Å². The fourth-order valence-corrected chi connectivity index (χ4v) is 4.04. The van der Waals surface area contributed by atoms with Crippen molar-refractivity contribution in [3.05, 3.63) is 28.9 Å². The maximum atomic E-state index is 12.5. The molecule has 10 heteroatoms. The van der Waals surface area contributed by atoms with Gasteiger partial charge in [0, 0.05) is 18.8 Å². The van der Waals surface area contributed by atoms with Crippen LogP contribution in [0.5, 0.6) is 0 Å². The highest BCUT2D eigenvalue weighted by Gasteiger charge is 2.24.